The van der Waals surface area contributed by atoms with E-state index >= 15 is 0 Å². The number of carbonyl (C=O) groups is 2. The maximum Gasteiger partial charge on any atom is 0.321 e. The smallest absolute Gasteiger partial charge is 0.321 e. The molecule has 1 aliphatic heterocycles. The average molecular weight is 276 g/mol. The Labute approximate surface area is 118 Å². The fourth-order valence-corrected chi connectivity index (χ4v) is 2.21. The summed E-state index contributed by atoms with van der Waals surface area (Å²) in [4.78, 5) is 25.1. The van der Waals surface area contributed by atoms with Gasteiger partial charge in [0.05, 0.1) is 5.60 Å². The standard InChI is InChI=1S/C15H20N2O3/c1-11(18)12-4-3-5-13(10-12)16-14(19)17-8-6-15(2,20)7-9-17/h3-5,10,20H,6-9H2,1-2H3,(H,16,19). The number of Topliss-reactive ketones (excluding diaryl/α,β-unsaturated/α-hetero) is 1. The Balaban J connectivity index is 1.98. The van der Waals surface area contributed by atoms with E-state index in [1.54, 1.807) is 36.1 Å². The molecule has 1 aromatic rings. The number of ketones is 1. The third-order valence-corrected chi connectivity index (χ3v) is 3.65. The second-order valence-electron chi connectivity index (χ2n) is 5.55. The summed E-state index contributed by atoms with van der Waals surface area (Å²) in [5.74, 6) is -0.0323. The average Bonchev–Trinajstić information content (AvgIpc) is 2.38. The molecule has 0 aromatic heterocycles. The quantitative estimate of drug-likeness (QED) is 0.814. The SMILES string of the molecule is CC(=O)c1cccc(NC(=O)N2CCC(C)(O)CC2)c1. The molecule has 108 valence electrons. The number of urea groups is 1. The van der Waals surface area contributed by atoms with Gasteiger partial charge in [-0.05, 0) is 38.8 Å². The van der Waals surface area contributed by atoms with Gasteiger partial charge >= 0.3 is 6.03 Å². The number of anilines is 1. The number of piperidine rings is 1. The van der Waals surface area contributed by atoms with Crippen molar-refractivity contribution in [3.8, 4) is 0 Å². The van der Waals surface area contributed by atoms with E-state index in [0.29, 0.717) is 37.2 Å². The molecule has 0 radical (unpaired) electrons. The van der Waals surface area contributed by atoms with Gasteiger partial charge in [-0.3, -0.25) is 4.79 Å². The molecule has 0 saturated carbocycles. The summed E-state index contributed by atoms with van der Waals surface area (Å²) >= 11 is 0. The summed E-state index contributed by atoms with van der Waals surface area (Å²) in [7, 11) is 0. The number of amides is 2. The van der Waals surface area contributed by atoms with Gasteiger partial charge in [0.1, 0.15) is 0 Å². The van der Waals surface area contributed by atoms with Crippen molar-refractivity contribution < 1.29 is 14.7 Å². The van der Waals surface area contributed by atoms with Gasteiger partial charge in [-0.25, -0.2) is 4.79 Å². The summed E-state index contributed by atoms with van der Waals surface area (Å²) in [5.41, 5.74) is 0.509. The van der Waals surface area contributed by atoms with Gasteiger partial charge in [0.2, 0.25) is 0 Å². The van der Waals surface area contributed by atoms with Crippen molar-refractivity contribution in [2.24, 2.45) is 0 Å². The van der Waals surface area contributed by atoms with Gasteiger partial charge in [-0.1, -0.05) is 12.1 Å². The molecule has 0 spiro atoms. The van der Waals surface area contributed by atoms with Crippen LogP contribution in [0.5, 0.6) is 0 Å². The van der Waals surface area contributed by atoms with Crippen LogP contribution in [0.25, 0.3) is 0 Å². The first-order chi connectivity index (χ1) is 9.37. The highest BCUT2D eigenvalue weighted by Crippen LogP contribution is 2.22. The predicted molar refractivity (Wildman–Crippen MR) is 76.9 cm³/mol. The molecule has 2 N–H and O–H groups in total. The van der Waals surface area contributed by atoms with Crippen molar-refractivity contribution in [3.05, 3.63) is 29.8 Å². The molecule has 1 saturated heterocycles. The summed E-state index contributed by atoms with van der Waals surface area (Å²) in [6, 6.07) is 6.69. The summed E-state index contributed by atoms with van der Waals surface area (Å²) in [6.45, 7) is 4.35. The lowest BCUT2D eigenvalue weighted by Gasteiger charge is -2.35. The molecule has 1 fully saturated rings. The lowest BCUT2D eigenvalue weighted by atomic mass is 9.94. The molecular formula is C15H20N2O3. The Hall–Kier alpha value is -1.88. The number of benzene rings is 1. The predicted octanol–water partition coefficient (Wildman–Crippen LogP) is 2.27. The normalized spacial score (nSPS) is 17.6. The second-order valence-corrected chi connectivity index (χ2v) is 5.55. The number of nitrogens with one attached hydrogen (secondary N) is 1. The van der Waals surface area contributed by atoms with Crippen LogP contribution < -0.4 is 5.32 Å². The number of aliphatic hydroxyl groups is 1. The van der Waals surface area contributed by atoms with Gasteiger partial charge in [0.25, 0.3) is 0 Å². The first-order valence-electron chi connectivity index (χ1n) is 6.77. The molecule has 1 aromatic carbocycles. The van der Waals surface area contributed by atoms with Crippen LogP contribution in [0.4, 0.5) is 10.5 Å². The third kappa shape index (κ3) is 3.57. The fourth-order valence-electron chi connectivity index (χ4n) is 2.21. The minimum atomic E-state index is -0.675. The van der Waals surface area contributed by atoms with Crippen LogP contribution in [-0.4, -0.2) is 40.5 Å². The number of hydrogen-bond acceptors (Lipinski definition) is 3. The molecule has 2 rings (SSSR count). The molecular weight excluding hydrogens is 256 g/mol. The van der Waals surface area contributed by atoms with Gasteiger partial charge in [0, 0.05) is 24.3 Å². The van der Waals surface area contributed by atoms with E-state index < -0.39 is 5.60 Å². The highest BCUT2D eigenvalue weighted by Gasteiger charge is 2.29. The third-order valence-electron chi connectivity index (χ3n) is 3.65. The Morgan fingerprint density at radius 3 is 2.55 bits per heavy atom. The highest BCUT2D eigenvalue weighted by molar-refractivity contribution is 5.96. The lowest BCUT2D eigenvalue weighted by Crippen LogP contribution is -2.46. The fraction of sp³-hybridized carbons (Fsp3) is 0.467. The number of carbonyl (C=O) groups excluding carboxylic acids is 2. The van der Waals surface area contributed by atoms with E-state index in [1.807, 2.05) is 0 Å². The number of rotatable bonds is 2. The minimum Gasteiger partial charge on any atom is -0.390 e. The zero-order valence-electron chi connectivity index (χ0n) is 11.8. The Kier molecular flexibility index (Phi) is 4.09. The van der Waals surface area contributed by atoms with Crippen molar-refractivity contribution in [1.29, 1.82) is 0 Å². The molecule has 5 heteroatoms. The highest BCUT2D eigenvalue weighted by atomic mass is 16.3. The molecule has 2 amide bonds. The maximum atomic E-state index is 12.1. The van der Waals surface area contributed by atoms with E-state index in [9.17, 15) is 14.7 Å². The molecule has 1 heterocycles. The molecule has 5 nitrogen and oxygen atoms in total. The number of nitrogens with zero attached hydrogens (tertiary/aromatic N) is 1. The summed E-state index contributed by atoms with van der Waals surface area (Å²) in [6.07, 6.45) is 1.15. The summed E-state index contributed by atoms with van der Waals surface area (Å²) in [5, 5.41) is 12.7. The maximum absolute atomic E-state index is 12.1. The van der Waals surface area contributed by atoms with Crippen molar-refractivity contribution in [2.45, 2.75) is 32.3 Å². The number of likely N-dealkylation sites (tertiary alicyclic amines) is 1. The first-order valence-corrected chi connectivity index (χ1v) is 6.77. The van der Waals surface area contributed by atoms with Crippen LogP contribution in [0.2, 0.25) is 0 Å². The van der Waals surface area contributed by atoms with Crippen LogP contribution in [-0.2, 0) is 0 Å². The van der Waals surface area contributed by atoms with Crippen molar-refractivity contribution in [3.63, 3.8) is 0 Å². The van der Waals surface area contributed by atoms with Crippen LogP contribution in [0.1, 0.15) is 37.0 Å². The lowest BCUT2D eigenvalue weighted by molar-refractivity contribution is 0.00570. The van der Waals surface area contributed by atoms with E-state index in [1.165, 1.54) is 6.92 Å². The molecule has 20 heavy (non-hydrogen) atoms. The molecule has 0 bridgehead atoms. The van der Waals surface area contributed by atoms with Crippen LogP contribution in [0.15, 0.2) is 24.3 Å². The van der Waals surface area contributed by atoms with Gasteiger partial charge in [0.15, 0.2) is 5.78 Å². The summed E-state index contributed by atoms with van der Waals surface area (Å²) < 4.78 is 0. The van der Waals surface area contributed by atoms with Gasteiger partial charge in [-0.2, -0.15) is 0 Å². The molecule has 1 aliphatic rings. The molecule has 0 unspecified atom stereocenters. The molecule has 0 aliphatic carbocycles. The van der Waals surface area contributed by atoms with Crippen molar-refractivity contribution in [1.82, 2.24) is 4.90 Å². The second kappa shape index (κ2) is 5.63. The number of hydrogen-bond donors (Lipinski definition) is 2. The van der Waals surface area contributed by atoms with Crippen molar-refractivity contribution >= 4 is 17.5 Å². The largest absolute Gasteiger partial charge is 0.390 e. The topological polar surface area (TPSA) is 69.6 Å². The Morgan fingerprint density at radius 2 is 1.95 bits per heavy atom. The van der Waals surface area contributed by atoms with Crippen molar-refractivity contribution in [2.75, 3.05) is 18.4 Å². The molecule has 0 atom stereocenters. The van der Waals surface area contributed by atoms with Crippen LogP contribution in [0, 0.1) is 0 Å². The van der Waals surface area contributed by atoms with E-state index in [2.05, 4.69) is 5.32 Å². The van der Waals surface area contributed by atoms with Gasteiger partial charge < -0.3 is 15.3 Å². The zero-order valence-corrected chi connectivity index (χ0v) is 11.8. The van der Waals surface area contributed by atoms with E-state index in [-0.39, 0.29) is 11.8 Å². The monoisotopic (exact) mass is 276 g/mol. The zero-order chi connectivity index (χ0) is 14.8. The first kappa shape index (κ1) is 14.5. The van der Waals surface area contributed by atoms with Crippen LogP contribution >= 0.6 is 0 Å². The van der Waals surface area contributed by atoms with Crippen LogP contribution in [0.3, 0.4) is 0 Å². The Bertz CT molecular complexity index is 516. The van der Waals surface area contributed by atoms with E-state index in [0.717, 1.165) is 0 Å². The van der Waals surface area contributed by atoms with Gasteiger partial charge in [-0.15, -0.1) is 0 Å². The Morgan fingerprint density at radius 1 is 1.30 bits per heavy atom. The minimum absolute atomic E-state index is 0.0323. The van der Waals surface area contributed by atoms with E-state index in [4.69, 9.17) is 0 Å².